The molecule has 6 rings (SSSR count). The molecule has 1 aromatic carbocycles. The molecule has 0 radical (unpaired) electrons. The van der Waals surface area contributed by atoms with Crippen LogP contribution in [0.5, 0.6) is 0 Å². The minimum Gasteiger partial charge on any atom is -0.338 e. The highest BCUT2D eigenvalue weighted by atomic mass is 16.2. The van der Waals surface area contributed by atoms with E-state index in [-0.39, 0.29) is 5.91 Å². The summed E-state index contributed by atoms with van der Waals surface area (Å²) in [6.07, 6.45) is 7.00. The molecule has 5 aromatic heterocycles. The first-order valence-electron chi connectivity index (χ1n) is 11.8. The van der Waals surface area contributed by atoms with Crippen molar-refractivity contribution in [3.05, 3.63) is 79.4 Å². The van der Waals surface area contributed by atoms with Crippen LogP contribution in [0.1, 0.15) is 0 Å². The van der Waals surface area contributed by atoms with Crippen molar-refractivity contribution in [2.75, 3.05) is 26.0 Å². The number of aromatic amines is 2. The summed E-state index contributed by atoms with van der Waals surface area (Å²) in [5.41, 5.74) is 7.76. The van der Waals surface area contributed by atoms with Crippen molar-refractivity contribution in [3.8, 4) is 33.8 Å². The Morgan fingerprint density at radius 2 is 1.86 bits per heavy atom. The second-order valence-corrected chi connectivity index (χ2v) is 9.10. The summed E-state index contributed by atoms with van der Waals surface area (Å²) in [5.74, 6) is -0.0889. The molecule has 6 aromatic rings. The van der Waals surface area contributed by atoms with E-state index in [1.165, 1.54) is 0 Å². The number of aromatic nitrogens is 6. The number of fused-ring (bicyclic) bond motifs is 2. The number of carbonyl (C=O) groups is 1. The second-order valence-electron chi connectivity index (χ2n) is 9.10. The van der Waals surface area contributed by atoms with E-state index in [2.05, 4.69) is 47.6 Å². The monoisotopic (exact) mass is 488 g/mol. The minimum atomic E-state index is -0.0889. The number of anilines is 1. The van der Waals surface area contributed by atoms with Crippen molar-refractivity contribution >= 4 is 33.5 Å². The third-order valence-corrected chi connectivity index (χ3v) is 6.11. The van der Waals surface area contributed by atoms with Gasteiger partial charge in [-0.3, -0.25) is 19.9 Å². The predicted molar refractivity (Wildman–Crippen MR) is 145 cm³/mol. The van der Waals surface area contributed by atoms with Crippen molar-refractivity contribution in [1.82, 2.24) is 35.0 Å². The Balaban J connectivity index is 1.38. The van der Waals surface area contributed by atoms with Crippen LogP contribution in [0.3, 0.4) is 0 Å². The van der Waals surface area contributed by atoms with Gasteiger partial charge in [-0.1, -0.05) is 12.1 Å². The van der Waals surface area contributed by atoms with Crippen LogP contribution < -0.4 is 5.32 Å². The van der Waals surface area contributed by atoms with Crippen LogP contribution in [0, 0.1) is 0 Å². The Labute approximate surface area is 212 Å². The van der Waals surface area contributed by atoms with E-state index in [0.717, 1.165) is 55.7 Å². The van der Waals surface area contributed by atoms with Gasteiger partial charge in [0, 0.05) is 40.5 Å². The van der Waals surface area contributed by atoms with Gasteiger partial charge >= 0.3 is 0 Å². The van der Waals surface area contributed by atoms with Crippen molar-refractivity contribution < 1.29 is 4.79 Å². The molecule has 0 unspecified atom stereocenters. The van der Waals surface area contributed by atoms with E-state index in [0.29, 0.717) is 12.2 Å². The topological polar surface area (TPSA) is 115 Å². The van der Waals surface area contributed by atoms with E-state index in [1.54, 1.807) is 24.8 Å². The number of nitrogens with one attached hydrogen (secondary N) is 3. The first kappa shape index (κ1) is 22.6. The third kappa shape index (κ3) is 4.43. The van der Waals surface area contributed by atoms with Gasteiger partial charge in [0.05, 0.1) is 35.3 Å². The number of likely N-dealkylation sites (N-methyl/N-ethyl adjacent to an activating group) is 1. The van der Waals surface area contributed by atoms with Gasteiger partial charge < -0.3 is 15.2 Å². The van der Waals surface area contributed by atoms with Gasteiger partial charge in [-0.05, 0) is 62.1 Å². The number of hydrogen-bond acceptors (Lipinski definition) is 6. The summed E-state index contributed by atoms with van der Waals surface area (Å²) in [4.78, 5) is 30.8. The molecule has 9 nitrogen and oxygen atoms in total. The smallest absolute Gasteiger partial charge is 0.238 e. The lowest BCUT2D eigenvalue weighted by Gasteiger charge is -2.11. The zero-order valence-corrected chi connectivity index (χ0v) is 20.4. The Morgan fingerprint density at radius 3 is 2.70 bits per heavy atom. The summed E-state index contributed by atoms with van der Waals surface area (Å²) in [6, 6.07) is 17.9. The van der Waals surface area contributed by atoms with Crippen molar-refractivity contribution in [2.45, 2.75) is 0 Å². The molecule has 0 saturated carbocycles. The zero-order valence-electron chi connectivity index (χ0n) is 20.4. The van der Waals surface area contributed by atoms with Gasteiger partial charge in [-0.25, -0.2) is 4.98 Å². The Bertz CT molecular complexity index is 1740. The van der Waals surface area contributed by atoms with Crippen LogP contribution in [0.15, 0.2) is 79.4 Å². The van der Waals surface area contributed by atoms with Crippen molar-refractivity contribution in [1.29, 1.82) is 0 Å². The van der Waals surface area contributed by atoms with Crippen LogP contribution in [-0.4, -0.2) is 61.6 Å². The molecule has 5 heterocycles. The molecular formula is C28H24N8O. The third-order valence-electron chi connectivity index (χ3n) is 6.11. The number of amides is 1. The lowest BCUT2D eigenvalue weighted by Crippen LogP contribution is -2.27. The molecule has 0 bridgehead atoms. The Kier molecular flexibility index (Phi) is 5.66. The van der Waals surface area contributed by atoms with Gasteiger partial charge in [0.1, 0.15) is 11.3 Å². The first-order valence-corrected chi connectivity index (χ1v) is 11.8. The van der Waals surface area contributed by atoms with Gasteiger partial charge in [-0.15, -0.1) is 0 Å². The fraction of sp³-hybridized carbons (Fsp3) is 0.107. The molecule has 182 valence electrons. The highest BCUT2D eigenvalue weighted by molar-refractivity contribution is 6.00. The number of carbonyl (C=O) groups excluding carboxylic acids is 1. The fourth-order valence-corrected chi connectivity index (χ4v) is 4.45. The van der Waals surface area contributed by atoms with E-state index < -0.39 is 0 Å². The summed E-state index contributed by atoms with van der Waals surface area (Å²) < 4.78 is 0. The molecule has 37 heavy (non-hydrogen) atoms. The maximum absolute atomic E-state index is 12.2. The molecule has 9 heteroatoms. The molecule has 0 spiro atoms. The van der Waals surface area contributed by atoms with Gasteiger partial charge in [-0.2, -0.15) is 5.10 Å². The van der Waals surface area contributed by atoms with Gasteiger partial charge in [0.2, 0.25) is 5.91 Å². The summed E-state index contributed by atoms with van der Waals surface area (Å²) in [6.45, 7) is 0.302. The largest absolute Gasteiger partial charge is 0.338 e. The van der Waals surface area contributed by atoms with E-state index in [1.807, 2.05) is 61.5 Å². The maximum Gasteiger partial charge on any atom is 0.238 e. The molecular weight excluding hydrogens is 464 g/mol. The summed E-state index contributed by atoms with van der Waals surface area (Å²) >= 11 is 0. The molecule has 0 aliphatic heterocycles. The molecule has 0 atom stereocenters. The molecule has 0 aliphatic rings. The first-order chi connectivity index (χ1) is 18.0. The van der Waals surface area contributed by atoms with Crippen LogP contribution in [0.25, 0.3) is 55.7 Å². The Morgan fingerprint density at radius 1 is 0.946 bits per heavy atom. The van der Waals surface area contributed by atoms with Crippen molar-refractivity contribution in [2.24, 2.45) is 0 Å². The molecule has 0 aliphatic carbocycles. The van der Waals surface area contributed by atoms with Crippen LogP contribution >= 0.6 is 0 Å². The second kappa shape index (κ2) is 9.29. The average molecular weight is 489 g/mol. The number of rotatable bonds is 6. The summed E-state index contributed by atoms with van der Waals surface area (Å²) in [7, 11) is 3.71. The van der Waals surface area contributed by atoms with Gasteiger partial charge in [0.15, 0.2) is 0 Å². The average Bonchev–Trinajstić information content (AvgIpc) is 3.52. The maximum atomic E-state index is 12.2. The number of pyridine rings is 3. The lowest BCUT2D eigenvalue weighted by molar-refractivity contribution is -0.116. The number of H-pyrrole nitrogens is 2. The van der Waals surface area contributed by atoms with E-state index in [4.69, 9.17) is 0 Å². The van der Waals surface area contributed by atoms with Crippen molar-refractivity contribution in [3.63, 3.8) is 0 Å². The predicted octanol–water partition coefficient (Wildman–Crippen LogP) is 4.73. The quantitative estimate of drug-likeness (QED) is 0.312. The van der Waals surface area contributed by atoms with Gasteiger partial charge in [0.25, 0.3) is 0 Å². The van der Waals surface area contributed by atoms with Crippen LogP contribution in [-0.2, 0) is 4.79 Å². The normalized spacial score (nSPS) is 11.4. The number of nitrogens with zero attached hydrogens (tertiary/aromatic N) is 5. The Hall–Kier alpha value is -4.89. The minimum absolute atomic E-state index is 0.0889. The molecule has 3 N–H and O–H groups in total. The molecule has 1 amide bonds. The highest BCUT2D eigenvalue weighted by Gasteiger charge is 2.15. The highest BCUT2D eigenvalue weighted by Crippen LogP contribution is 2.34. The molecule has 0 fully saturated rings. The molecule has 0 saturated heterocycles. The zero-order chi connectivity index (χ0) is 25.4. The van der Waals surface area contributed by atoms with Crippen LogP contribution in [0.4, 0.5) is 5.69 Å². The van der Waals surface area contributed by atoms with E-state index in [9.17, 15) is 4.79 Å². The number of benzene rings is 1. The standard InChI is InChI=1S/C28H24N8O/c1-36(2)16-26(37)32-19-11-18(14-29-15-19)17-6-7-24-22(12-17)27(35-34-24)25-13-21-20(8-10-31-28(21)33-25)23-5-3-4-9-30-23/h3-15H,16H2,1-2H3,(H,31,33)(H,32,37)(H,34,35). The van der Waals surface area contributed by atoms with Crippen LogP contribution in [0.2, 0.25) is 0 Å². The fourth-order valence-electron chi connectivity index (χ4n) is 4.45. The SMILES string of the molecule is CN(C)CC(=O)Nc1cncc(-c2ccc3[nH]nc(-c4cc5c(-c6ccccn6)ccnc5[nH]4)c3c2)c1. The number of hydrogen-bond donors (Lipinski definition) is 3. The summed E-state index contributed by atoms with van der Waals surface area (Å²) in [5, 5.41) is 12.6. The van der Waals surface area contributed by atoms with E-state index >= 15 is 0 Å². The lowest BCUT2D eigenvalue weighted by atomic mass is 10.0.